The van der Waals surface area contributed by atoms with Crippen molar-refractivity contribution in [3.05, 3.63) is 65.5 Å². The summed E-state index contributed by atoms with van der Waals surface area (Å²) in [5, 5.41) is 0. The number of nitrogens with two attached hydrogens (primary N) is 1. The van der Waals surface area contributed by atoms with Gasteiger partial charge in [0, 0.05) is 6.20 Å². The van der Waals surface area contributed by atoms with Gasteiger partial charge >= 0.3 is 0 Å². The standard InChI is InChI=1S/C13H12F2N2/c14-10-5-3-4-9(13(10)15)8-11(16)12-6-1-2-7-17-12/h1-7,11H,8,16H2. The first kappa shape index (κ1) is 11.7. The maximum Gasteiger partial charge on any atom is 0.162 e. The molecule has 0 aliphatic rings. The maximum atomic E-state index is 13.4. The lowest BCUT2D eigenvalue weighted by atomic mass is 10.0. The predicted octanol–water partition coefficient (Wildman–Crippen LogP) is 2.60. The van der Waals surface area contributed by atoms with E-state index in [4.69, 9.17) is 5.73 Å². The number of hydrogen-bond acceptors (Lipinski definition) is 2. The third-order valence-electron chi connectivity index (χ3n) is 2.54. The molecule has 0 amide bonds. The zero-order valence-electron chi connectivity index (χ0n) is 9.11. The number of hydrogen-bond donors (Lipinski definition) is 1. The minimum absolute atomic E-state index is 0.223. The summed E-state index contributed by atoms with van der Waals surface area (Å²) in [6.07, 6.45) is 1.84. The minimum Gasteiger partial charge on any atom is -0.322 e. The van der Waals surface area contributed by atoms with Crippen molar-refractivity contribution in [1.29, 1.82) is 0 Å². The van der Waals surface area contributed by atoms with Crippen molar-refractivity contribution in [3.8, 4) is 0 Å². The molecule has 2 nitrogen and oxygen atoms in total. The lowest BCUT2D eigenvalue weighted by Crippen LogP contribution is -2.15. The summed E-state index contributed by atoms with van der Waals surface area (Å²) in [5.74, 6) is -1.69. The van der Waals surface area contributed by atoms with Crippen LogP contribution in [0.2, 0.25) is 0 Å². The SMILES string of the molecule is NC(Cc1cccc(F)c1F)c1ccccn1. The fraction of sp³-hybridized carbons (Fsp3) is 0.154. The minimum atomic E-state index is -0.851. The average Bonchev–Trinajstić information content (AvgIpc) is 2.36. The Labute approximate surface area is 98.1 Å². The molecule has 4 heteroatoms. The topological polar surface area (TPSA) is 38.9 Å². The Kier molecular flexibility index (Phi) is 3.44. The molecular formula is C13H12F2N2. The first-order valence-corrected chi connectivity index (χ1v) is 5.28. The van der Waals surface area contributed by atoms with Gasteiger partial charge in [-0.15, -0.1) is 0 Å². The van der Waals surface area contributed by atoms with Crippen molar-refractivity contribution in [1.82, 2.24) is 4.98 Å². The molecule has 2 rings (SSSR count). The van der Waals surface area contributed by atoms with E-state index in [0.717, 1.165) is 6.07 Å². The van der Waals surface area contributed by atoms with E-state index in [1.54, 1.807) is 18.3 Å². The van der Waals surface area contributed by atoms with Crippen LogP contribution in [0, 0.1) is 11.6 Å². The fourth-order valence-corrected chi connectivity index (χ4v) is 1.64. The number of halogens is 2. The third kappa shape index (κ3) is 2.65. The second kappa shape index (κ2) is 5.01. The quantitative estimate of drug-likeness (QED) is 0.886. The molecule has 0 fully saturated rings. The molecular weight excluding hydrogens is 222 g/mol. The van der Waals surface area contributed by atoms with Gasteiger partial charge in [-0.2, -0.15) is 0 Å². The highest BCUT2D eigenvalue weighted by Crippen LogP contribution is 2.18. The van der Waals surface area contributed by atoms with E-state index in [1.165, 1.54) is 12.1 Å². The number of nitrogens with zero attached hydrogens (tertiary/aromatic N) is 1. The van der Waals surface area contributed by atoms with Gasteiger partial charge in [0.15, 0.2) is 11.6 Å². The number of pyridine rings is 1. The Morgan fingerprint density at radius 2 is 1.94 bits per heavy atom. The van der Waals surface area contributed by atoms with Crippen LogP contribution in [0.3, 0.4) is 0 Å². The molecule has 88 valence electrons. The highest BCUT2D eigenvalue weighted by Gasteiger charge is 2.13. The van der Waals surface area contributed by atoms with Gasteiger partial charge in [0.25, 0.3) is 0 Å². The van der Waals surface area contributed by atoms with E-state index < -0.39 is 17.7 Å². The van der Waals surface area contributed by atoms with Crippen molar-refractivity contribution in [2.24, 2.45) is 5.73 Å². The van der Waals surface area contributed by atoms with E-state index in [-0.39, 0.29) is 12.0 Å². The van der Waals surface area contributed by atoms with Gasteiger partial charge in [-0.3, -0.25) is 4.98 Å². The molecule has 0 aliphatic carbocycles. The van der Waals surface area contributed by atoms with E-state index >= 15 is 0 Å². The Bertz CT molecular complexity index is 500. The van der Waals surface area contributed by atoms with Crippen LogP contribution in [0.5, 0.6) is 0 Å². The summed E-state index contributed by atoms with van der Waals surface area (Å²) in [6, 6.07) is 9.00. The molecule has 0 saturated heterocycles. The van der Waals surface area contributed by atoms with Crippen molar-refractivity contribution in [2.75, 3.05) is 0 Å². The Hall–Kier alpha value is -1.81. The largest absolute Gasteiger partial charge is 0.322 e. The normalized spacial score (nSPS) is 12.4. The molecule has 1 atom stereocenters. The van der Waals surface area contributed by atoms with Crippen LogP contribution in [0.1, 0.15) is 17.3 Å². The Morgan fingerprint density at radius 3 is 2.65 bits per heavy atom. The van der Waals surface area contributed by atoms with Gasteiger partial charge in [-0.1, -0.05) is 18.2 Å². The van der Waals surface area contributed by atoms with Crippen LogP contribution in [0.4, 0.5) is 8.78 Å². The van der Waals surface area contributed by atoms with Crippen molar-refractivity contribution in [2.45, 2.75) is 12.5 Å². The lowest BCUT2D eigenvalue weighted by molar-refractivity contribution is 0.493. The molecule has 1 heterocycles. The second-order valence-corrected chi connectivity index (χ2v) is 3.78. The highest BCUT2D eigenvalue weighted by molar-refractivity contribution is 5.22. The van der Waals surface area contributed by atoms with Crippen LogP contribution >= 0.6 is 0 Å². The summed E-state index contributed by atoms with van der Waals surface area (Å²) >= 11 is 0. The molecule has 0 radical (unpaired) electrons. The average molecular weight is 234 g/mol. The van der Waals surface area contributed by atoms with Gasteiger partial charge < -0.3 is 5.73 Å². The van der Waals surface area contributed by atoms with E-state index in [0.29, 0.717) is 5.69 Å². The summed E-state index contributed by atoms with van der Waals surface area (Å²) < 4.78 is 26.4. The Balaban J connectivity index is 2.19. The molecule has 17 heavy (non-hydrogen) atoms. The van der Waals surface area contributed by atoms with Gasteiger partial charge in [-0.05, 0) is 30.2 Å². The van der Waals surface area contributed by atoms with Gasteiger partial charge in [0.05, 0.1) is 11.7 Å². The van der Waals surface area contributed by atoms with Crippen LogP contribution in [-0.2, 0) is 6.42 Å². The van der Waals surface area contributed by atoms with Crippen molar-refractivity contribution in [3.63, 3.8) is 0 Å². The molecule has 1 aromatic carbocycles. The second-order valence-electron chi connectivity index (χ2n) is 3.78. The van der Waals surface area contributed by atoms with Gasteiger partial charge in [0.1, 0.15) is 0 Å². The number of rotatable bonds is 3. The van der Waals surface area contributed by atoms with Crippen LogP contribution in [0.25, 0.3) is 0 Å². The highest BCUT2D eigenvalue weighted by atomic mass is 19.2. The van der Waals surface area contributed by atoms with Crippen LogP contribution in [-0.4, -0.2) is 4.98 Å². The third-order valence-corrected chi connectivity index (χ3v) is 2.54. The summed E-state index contributed by atoms with van der Waals surface area (Å²) in [6.45, 7) is 0. The molecule has 0 saturated carbocycles. The fourth-order valence-electron chi connectivity index (χ4n) is 1.64. The zero-order valence-corrected chi connectivity index (χ0v) is 9.11. The monoisotopic (exact) mass is 234 g/mol. The lowest BCUT2D eigenvalue weighted by Gasteiger charge is -2.11. The maximum absolute atomic E-state index is 13.4. The smallest absolute Gasteiger partial charge is 0.162 e. The summed E-state index contributed by atoms with van der Waals surface area (Å²) in [7, 11) is 0. The summed E-state index contributed by atoms with van der Waals surface area (Å²) in [4.78, 5) is 4.09. The van der Waals surface area contributed by atoms with E-state index in [9.17, 15) is 8.78 Å². The number of benzene rings is 1. The van der Waals surface area contributed by atoms with E-state index in [2.05, 4.69) is 4.98 Å². The first-order chi connectivity index (χ1) is 8.18. The zero-order chi connectivity index (χ0) is 12.3. The van der Waals surface area contributed by atoms with Crippen LogP contribution in [0.15, 0.2) is 42.6 Å². The van der Waals surface area contributed by atoms with Crippen molar-refractivity contribution >= 4 is 0 Å². The van der Waals surface area contributed by atoms with E-state index in [1.807, 2.05) is 6.07 Å². The molecule has 2 N–H and O–H groups in total. The Morgan fingerprint density at radius 1 is 1.12 bits per heavy atom. The first-order valence-electron chi connectivity index (χ1n) is 5.28. The molecule has 0 bridgehead atoms. The van der Waals surface area contributed by atoms with Gasteiger partial charge in [-0.25, -0.2) is 8.78 Å². The number of aromatic nitrogens is 1. The molecule has 0 aliphatic heterocycles. The van der Waals surface area contributed by atoms with Gasteiger partial charge in [0.2, 0.25) is 0 Å². The molecule has 1 unspecified atom stereocenters. The molecule has 1 aromatic heterocycles. The predicted molar refractivity (Wildman–Crippen MR) is 61.2 cm³/mol. The van der Waals surface area contributed by atoms with Crippen LogP contribution < -0.4 is 5.73 Å². The van der Waals surface area contributed by atoms with Crippen molar-refractivity contribution < 1.29 is 8.78 Å². The molecule has 2 aromatic rings. The summed E-state index contributed by atoms with van der Waals surface area (Å²) in [5.41, 5.74) is 6.82. The molecule has 0 spiro atoms.